The number of sulfonamides is 1. The van der Waals surface area contributed by atoms with Crippen LogP contribution in [0.1, 0.15) is 58.6 Å². The summed E-state index contributed by atoms with van der Waals surface area (Å²) in [5, 5.41) is 8.48. The first-order valence-corrected chi connectivity index (χ1v) is 10.1. The van der Waals surface area contributed by atoms with Crippen molar-refractivity contribution in [3.8, 4) is 0 Å². The van der Waals surface area contributed by atoms with Crippen molar-refractivity contribution in [2.45, 2.75) is 63.8 Å². The van der Waals surface area contributed by atoms with Crippen molar-refractivity contribution in [3.63, 3.8) is 0 Å². The normalized spacial score (nSPS) is 12.9. The molecule has 0 spiro atoms. The summed E-state index contributed by atoms with van der Waals surface area (Å²) in [6.45, 7) is 13.0. The lowest BCUT2D eigenvalue weighted by Gasteiger charge is -2.24. The molecule has 0 fully saturated rings. The summed E-state index contributed by atoms with van der Waals surface area (Å²) in [5.41, 5.74) is 1.49. The van der Waals surface area contributed by atoms with E-state index in [4.69, 9.17) is 10.1 Å². The van der Waals surface area contributed by atoms with Gasteiger partial charge in [-0.3, -0.25) is 0 Å². The van der Waals surface area contributed by atoms with Crippen molar-refractivity contribution >= 4 is 15.8 Å². The molecule has 0 amide bonds. The number of aromatic nitrogens is 2. The third-order valence-electron chi connectivity index (χ3n) is 3.87. The molecule has 0 aliphatic carbocycles. The lowest BCUT2D eigenvalue weighted by Crippen LogP contribution is -2.22. The molecule has 0 bridgehead atoms. The van der Waals surface area contributed by atoms with Gasteiger partial charge in [0, 0.05) is 23.4 Å². The second-order valence-electron chi connectivity index (χ2n) is 8.51. The summed E-state index contributed by atoms with van der Waals surface area (Å²) >= 11 is 0. The Hall–Kier alpha value is -1.99. The minimum Gasteiger partial charge on any atom is -0.366 e. The standard InChI is InChI=1S/C19H28N4O2S/c1-18(2,3)15-11-16(23-17(22-15)19(4,5)6)21-12-13-8-7-9-14(10-13)26(20,24)25/h7-11H,12H2,1-6H3,(H2,20,24,25)(H,21,22,23). The van der Waals surface area contributed by atoms with Gasteiger partial charge in [0.05, 0.1) is 10.6 Å². The van der Waals surface area contributed by atoms with E-state index in [2.05, 4.69) is 51.8 Å². The third-order valence-corrected chi connectivity index (χ3v) is 4.78. The van der Waals surface area contributed by atoms with E-state index in [9.17, 15) is 8.42 Å². The quantitative estimate of drug-likeness (QED) is 0.853. The van der Waals surface area contributed by atoms with E-state index in [-0.39, 0.29) is 15.7 Å². The van der Waals surface area contributed by atoms with Crippen LogP contribution >= 0.6 is 0 Å². The van der Waals surface area contributed by atoms with Crippen molar-refractivity contribution in [1.29, 1.82) is 0 Å². The topological polar surface area (TPSA) is 98.0 Å². The molecule has 0 aliphatic rings. The maximum atomic E-state index is 11.5. The number of benzene rings is 1. The van der Waals surface area contributed by atoms with Gasteiger partial charge in [-0.15, -0.1) is 0 Å². The van der Waals surface area contributed by atoms with Crippen molar-refractivity contribution in [2.24, 2.45) is 5.14 Å². The van der Waals surface area contributed by atoms with Crippen LogP contribution in [0.25, 0.3) is 0 Å². The van der Waals surface area contributed by atoms with Crippen LogP contribution in [-0.4, -0.2) is 18.4 Å². The van der Waals surface area contributed by atoms with Gasteiger partial charge in [0.15, 0.2) is 0 Å². The largest absolute Gasteiger partial charge is 0.366 e. The molecule has 0 unspecified atom stereocenters. The number of hydrogen-bond donors (Lipinski definition) is 2. The molecule has 0 radical (unpaired) electrons. The molecule has 26 heavy (non-hydrogen) atoms. The second-order valence-corrected chi connectivity index (χ2v) is 10.1. The summed E-state index contributed by atoms with van der Waals surface area (Å²) in [7, 11) is -3.71. The lowest BCUT2D eigenvalue weighted by molar-refractivity contribution is 0.514. The SMILES string of the molecule is CC(C)(C)c1cc(NCc2cccc(S(N)(=O)=O)c2)nc(C(C)(C)C)n1. The second kappa shape index (κ2) is 6.96. The molecular weight excluding hydrogens is 348 g/mol. The van der Waals surface area contributed by atoms with Crippen molar-refractivity contribution in [2.75, 3.05) is 5.32 Å². The highest BCUT2D eigenvalue weighted by molar-refractivity contribution is 7.89. The van der Waals surface area contributed by atoms with Gasteiger partial charge < -0.3 is 5.32 Å². The molecule has 142 valence electrons. The van der Waals surface area contributed by atoms with Crippen LogP contribution in [0.2, 0.25) is 0 Å². The number of hydrogen-bond acceptors (Lipinski definition) is 5. The molecule has 1 aromatic heterocycles. The number of primary sulfonamides is 1. The van der Waals surface area contributed by atoms with Crippen molar-refractivity contribution < 1.29 is 8.42 Å². The van der Waals surface area contributed by atoms with E-state index < -0.39 is 10.0 Å². The van der Waals surface area contributed by atoms with Gasteiger partial charge in [-0.1, -0.05) is 53.7 Å². The van der Waals surface area contributed by atoms with Gasteiger partial charge in [-0.2, -0.15) is 0 Å². The van der Waals surface area contributed by atoms with Gasteiger partial charge in [0.25, 0.3) is 0 Å². The maximum absolute atomic E-state index is 11.5. The zero-order valence-electron chi connectivity index (χ0n) is 16.3. The average molecular weight is 377 g/mol. The van der Waals surface area contributed by atoms with E-state index in [1.54, 1.807) is 12.1 Å². The average Bonchev–Trinajstić information content (AvgIpc) is 2.50. The maximum Gasteiger partial charge on any atom is 0.238 e. The predicted octanol–water partition coefficient (Wildman–Crippen LogP) is 3.33. The minimum atomic E-state index is -3.71. The molecule has 7 heteroatoms. The van der Waals surface area contributed by atoms with Crippen LogP contribution in [0.4, 0.5) is 5.82 Å². The van der Waals surface area contributed by atoms with Gasteiger partial charge in [0.2, 0.25) is 10.0 Å². The van der Waals surface area contributed by atoms with Crippen LogP contribution in [0.5, 0.6) is 0 Å². The van der Waals surface area contributed by atoms with Crippen LogP contribution in [0.3, 0.4) is 0 Å². The Balaban J connectivity index is 2.32. The van der Waals surface area contributed by atoms with Crippen molar-refractivity contribution in [3.05, 3.63) is 47.4 Å². The smallest absolute Gasteiger partial charge is 0.238 e. The highest BCUT2D eigenvalue weighted by Crippen LogP contribution is 2.27. The summed E-state index contributed by atoms with van der Waals surface area (Å²) in [5.74, 6) is 1.49. The zero-order valence-corrected chi connectivity index (χ0v) is 17.1. The molecule has 0 saturated heterocycles. The summed E-state index contributed by atoms with van der Waals surface area (Å²) < 4.78 is 23.0. The highest BCUT2D eigenvalue weighted by atomic mass is 32.2. The minimum absolute atomic E-state index is 0.102. The zero-order chi connectivity index (χ0) is 19.8. The fraction of sp³-hybridized carbons (Fsp3) is 0.474. The number of rotatable bonds is 4. The Bertz CT molecular complexity index is 862. The monoisotopic (exact) mass is 376 g/mol. The molecular formula is C19H28N4O2S. The fourth-order valence-electron chi connectivity index (χ4n) is 2.28. The van der Waals surface area contributed by atoms with Gasteiger partial charge >= 0.3 is 0 Å². The van der Waals surface area contributed by atoms with Crippen LogP contribution in [0.15, 0.2) is 35.2 Å². The van der Waals surface area contributed by atoms with Crippen LogP contribution < -0.4 is 10.5 Å². The molecule has 3 N–H and O–H groups in total. The number of anilines is 1. The molecule has 0 aliphatic heterocycles. The fourth-order valence-corrected chi connectivity index (χ4v) is 2.87. The Morgan fingerprint density at radius 3 is 2.19 bits per heavy atom. The third kappa shape index (κ3) is 5.25. The van der Waals surface area contributed by atoms with E-state index in [1.165, 1.54) is 6.07 Å². The number of nitrogens with zero attached hydrogens (tertiary/aromatic N) is 2. The van der Waals surface area contributed by atoms with E-state index in [0.717, 1.165) is 22.9 Å². The first-order chi connectivity index (χ1) is 11.8. The Morgan fingerprint density at radius 1 is 1.00 bits per heavy atom. The molecule has 1 heterocycles. The lowest BCUT2D eigenvalue weighted by atomic mass is 9.90. The first-order valence-electron chi connectivity index (χ1n) is 8.52. The predicted molar refractivity (Wildman–Crippen MR) is 105 cm³/mol. The van der Waals surface area contributed by atoms with Crippen LogP contribution in [-0.2, 0) is 27.4 Å². The van der Waals surface area contributed by atoms with Gasteiger partial charge in [0.1, 0.15) is 11.6 Å². The van der Waals surface area contributed by atoms with Crippen molar-refractivity contribution in [1.82, 2.24) is 9.97 Å². The molecule has 1 aromatic carbocycles. The van der Waals surface area contributed by atoms with E-state index in [0.29, 0.717) is 6.54 Å². The highest BCUT2D eigenvalue weighted by Gasteiger charge is 2.23. The Kier molecular flexibility index (Phi) is 5.44. The van der Waals surface area contributed by atoms with E-state index in [1.807, 2.05) is 12.1 Å². The summed E-state index contributed by atoms with van der Waals surface area (Å²) in [6.07, 6.45) is 0. The number of nitrogens with one attached hydrogen (secondary N) is 1. The molecule has 0 saturated carbocycles. The summed E-state index contributed by atoms with van der Waals surface area (Å²) in [4.78, 5) is 9.47. The van der Waals surface area contributed by atoms with Gasteiger partial charge in [-0.25, -0.2) is 23.5 Å². The molecule has 2 aromatic rings. The van der Waals surface area contributed by atoms with Crippen LogP contribution in [0, 0.1) is 0 Å². The first kappa shape index (κ1) is 20.3. The van der Waals surface area contributed by atoms with E-state index >= 15 is 0 Å². The Morgan fingerprint density at radius 2 is 1.65 bits per heavy atom. The Labute approximate surface area is 156 Å². The molecule has 2 rings (SSSR count). The molecule has 0 atom stereocenters. The van der Waals surface area contributed by atoms with Gasteiger partial charge in [-0.05, 0) is 17.7 Å². The molecule has 6 nitrogen and oxygen atoms in total. The number of nitrogens with two attached hydrogens (primary N) is 1. The summed E-state index contributed by atoms with van der Waals surface area (Å²) in [6, 6.07) is 8.52.